The molecule has 1 aliphatic rings. The lowest BCUT2D eigenvalue weighted by Crippen LogP contribution is -2.48. The van der Waals surface area contributed by atoms with Gasteiger partial charge in [-0.3, -0.25) is 14.6 Å². The lowest BCUT2D eigenvalue weighted by atomic mass is 9.99. The Morgan fingerprint density at radius 3 is 2.44 bits per heavy atom. The van der Waals surface area contributed by atoms with E-state index in [-0.39, 0.29) is 5.91 Å². The molecule has 2 aromatic rings. The summed E-state index contributed by atoms with van der Waals surface area (Å²) in [6.07, 6.45) is 1.12. The van der Waals surface area contributed by atoms with Gasteiger partial charge in [0, 0.05) is 44.5 Å². The van der Waals surface area contributed by atoms with Gasteiger partial charge in [0.2, 0.25) is 5.91 Å². The highest BCUT2D eigenvalue weighted by Gasteiger charge is 2.20. The van der Waals surface area contributed by atoms with Crippen LogP contribution in [-0.2, 0) is 11.3 Å². The summed E-state index contributed by atoms with van der Waals surface area (Å²) in [6.45, 7) is 11.2. The van der Waals surface area contributed by atoms with Crippen LogP contribution in [0.4, 0.5) is 5.69 Å². The SMILES string of the molecule is CC[C@H](C)c1ccc(NC(=O)CN2CCN(Cc3cc(C)on3)CC2)cc1. The second-order valence-corrected chi connectivity index (χ2v) is 7.46. The summed E-state index contributed by atoms with van der Waals surface area (Å²) in [5.74, 6) is 1.44. The zero-order valence-corrected chi connectivity index (χ0v) is 16.6. The maximum absolute atomic E-state index is 12.3. The number of hydrogen-bond acceptors (Lipinski definition) is 5. The van der Waals surface area contributed by atoms with E-state index in [0.29, 0.717) is 12.5 Å². The highest BCUT2D eigenvalue weighted by molar-refractivity contribution is 5.92. The average Bonchev–Trinajstić information content (AvgIpc) is 3.08. The molecule has 0 aliphatic carbocycles. The van der Waals surface area contributed by atoms with Crippen LogP contribution in [0.25, 0.3) is 0 Å². The molecule has 0 unspecified atom stereocenters. The molecule has 0 spiro atoms. The highest BCUT2D eigenvalue weighted by Crippen LogP contribution is 2.20. The number of hydrogen-bond donors (Lipinski definition) is 1. The molecule has 27 heavy (non-hydrogen) atoms. The topological polar surface area (TPSA) is 61.6 Å². The van der Waals surface area contributed by atoms with E-state index in [1.165, 1.54) is 5.56 Å². The van der Waals surface area contributed by atoms with Gasteiger partial charge in [0.1, 0.15) is 5.76 Å². The second kappa shape index (κ2) is 9.15. The van der Waals surface area contributed by atoms with E-state index in [0.717, 1.165) is 56.3 Å². The first-order chi connectivity index (χ1) is 13.0. The lowest BCUT2D eigenvalue weighted by molar-refractivity contribution is -0.117. The van der Waals surface area contributed by atoms with Gasteiger partial charge in [-0.15, -0.1) is 0 Å². The maximum Gasteiger partial charge on any atom is 0.238 e. The first kappa shape index (κ1) is 19.6. The van der Waals surface area contributed by atoms with Crippen molar-refractivity contribution in [2.45, 2.75) is 39.7 Å². The molecule has 1 fully saturated rings. The number of amides is 1. The molecule has 1 aliphatic heterocycles. The summed E-state index contributed by atoms with van der Waals surface area (Å²) in [4.78, 5) is 16.9. The minimum atomic E-state index is 0.0480. The molecule has 3 rings (SSSR count). The van der Waals surface area contributed by atoms with Crippen molar-refractivity contribution in [3.8, 4) is 0 Å². The molecule has 6 heteroatoms. The predicted molar refractivity (Wildman–Crippen MR) is 107 cm³/mol. The number of carbonyl (C=O) groups is 1. The number of benzene rings is 1. The third-order valence-corrected chi connectivity index (χ3v) is 5.27. The third-order valence-electron chi connectivity index (χ3n) is 5.27. The van der Waals surface area contributed by atoms with Crippen molar-refractivity contribution in [1.82, 2.24) is 15.0 Å². The number of anilines is 1. The Hall–Kier alpha value is -2.18. The van der Waals surface area contributed by atoms with Crippen LogP contribution in [0.3, 0.4) is 0 Å². The summed E-state index contributed by atoms with van der Waals surface area (Å²) in [7, 11) is 0. The number of nitrogens with zero attached hydrogens (tertiary/aromatic N) is 3. The van der Waals surface area contributed by atoms with Crippen molar-refractivity contribution in [2.75, 3.05) is 38.0 Å². The molecular formula is C21H30N4O2. The van der Waals surface area contributed by atoms with E-state index < -0.39 is 0 Å². The van der Waals surface area contributed by atoms with Crippen LogP contribution in [0, 0.1) is 6.92 Å². The van der Waals surface area contributed by atoms with Crippen molar-refractivity contribution >= 4 is 11.6 Å². The van der Waals surface area contributed by atoms with E-state index in [1.54, 1.807) is 0 Å². The highest BCUT2D eigenvalue weighted by atomic mass is 16.5. The van der Waals surface area contributed by atoms with Gasteiger partial charge in [0.25, 0.3) is 0 Å². The molecule has 1 saturated heterocycles. The van der Waals surface area contributed by atoms with Crippen LogP contribution in [0.1, 0.15) is 43.2 Å². The average molecular weight is 370 g/mol. The number of piperazine rings is 1. The Balaban J connectivity index is 1.41. The van der Waals surface area contributed by atoms with Gasteiger partial charge < -0.3 is 9.84 Å². The minimum absolute atomic E-state index is 0.0480. The van der Waals surface area contributed by atoms with E-state index in [9.17, 15) is 4.79 Å². The molecule has 6 nitrogen and oxygen atoms in total. The molecule has 146 valence electrons. The Kier molecular flexibility index (Phi) is 6.63. The van der Waals surface area contributed by atoms with E-state index in [4.69, 9.17) is 4.52 Å². The van der Waals surface area contributed by atoms with Gasteiger partial charge in [0.15, 0.2) is 0 Å². The van der Waals surface area contributed by atoms with Crippen molar-refractivity contribution in [1.29, 1.82) is 0 Å². The normalized spacial score (nSPS) is 17.0. The summed E-state index contributed by atoms with van der Waals surface area (Å²) in [5.41, 5.74) is 3.15. The summed E-state index contributed by atoms with van der Waals surface area (Å²) in [5, 5.41) is 7.06. The number of nitrogens with one attached hydrogen (secondary N) is 1. The molecule has 0 saturated carbocycles. The largest absolute Gasteiger partial charge is 0.361 e. The molecular weight excluding hydrogens is 340 g/mol. The number of aromatic nitrogens is 1. The zero-order valence-electron chi connectivity index (χ0n) is 16.6. The van der Waals surface area contributed by atoms with Crippen LogP contribution in [-0.4, -0.2) is 53.6 Å². The predicted octanol–water partition coefficient (Wildman–Crippen LogP) is 3.25. The Labute approximate surface area is 161 Å². The molecule has 1 N–H and O–H groups in total. The Bertz CT molecular complexity index is 733. The van der Waals surface area contributed by atoms with Crippen molar-refractivity contribution < 1.29 is 9.32 Å². The van der Waals surface area contributed by atoms with Gasteiger partial charge in [-0.1, -0.05) is 31.1 Å². The van der Waals surface area contributed by atoms with Crippen molar-refractivity contribution in [3.05, 3.63) is 47.3 Å². The molecule has 1 atom stereocenters. The first-order valence-corrected chi connectivity index (χ1v) is 9.80. The standard InChI is InChI=1S/C21H30N4O2/c1-4-16(2)18-5-7-19(8-6-18)22-21(26)15-25-11-9-24(10-12-25)14-20-13-17(3)27-23-20/h5-8,13,16H,4,9-12,14-15H2,1-3H3,(H,22,26)/t16-/m0/s1. The van der Waals surface area contributed by atoms with Gasteiger partial charge in [0.05, 0.1) is 12.2 Å². The minimum Gasteiger partial charge on any atom is -0.361 e. The van der Waals surface area contributed by atoms with Gasteiger partial charge in [-0.25, -0.2) is 0 Å². The number of aryl methyl sites for hydroxylation is 1. The second-order valence-electron chi connectivity index (χ2n) is 7.46. The van der Waals surface area contributed by atoms with Gasteiger partial charge in [-0.05, 0) is 37.0 Å². The van der Waals surface area contributed by atoms with Crippen LogP contribution < -0.4 is 5.32 Å². The fourth-order valence-electron chi connectivity index (χ4n) is 3.36. The quantitative estimate of drug-likeness (QED) is 0.811. The van der Waals surface area contributed by atoms with Crippen molar-refractivity contribution in [2.24, 2.45) is 0 Å². The smallest absolute Gasteiger partial charge is 0.238 e. The van der Waals surface area contributed by atoms with Crippen LogP contribution in [0.5, 0.6) is 0 Å². The molecule has 1 aromatic carbocycles. The maximum atomic E-state index is 12.3. The summed E-state index contributed by atoms with van der Waals surface area (Å²) >= 11 is 0. The van der Waals surface area contributed by atoms with Gasteiger partial charge in [-0.2, -0.15) is 0 Å². The molecule has 1 amide bonds. The summed E-state index contributed by atoms with van der Waals surface area (Å²) < 4.78 is 5.12. The van der Waals surface area contributed by atoms with Crippen LogP contribution in [0.15, 0.2) is 34.9 Å². The van der Waals surface area contributed by atoms with Crippen LogP contribution >= 0.6 is 0 Å². The fourth-order valence-corrected chi connectivity index (χ4v) is 3.36. The lowest BCUT2D eigenvalue weighted by Gasteiger charge is -2.33. The Morgan fingerprint density at radius 1 is 1.19 bits per heavy atom. The molecule has 1 aromatic heterocycles. The number of rotatable bonds is 7. The molecule has 0 bridgehead atoms. The van der Waals surface area contributed by atoms with Gasteiger partial charge >= 0.3 is 0 Å². The zero-order chi connectivity index (χ0) is 19.2. The summed E-state index contributed by atoms with van der Waals surface area (Å²) in [6, 6.07) is 10.2. The molecule has 0 radical (unpaired) electrons. The van der Waals surface area contributed by atoms with E-state index in [2.05, 4.69) is 46.3 Å². The van der Waals surface area contributed by atoms with Crippen molar-refractivity contribution in [3.63, 3.8) is 0 Å². The first-order valence-electron chi connectivity index (χ1n) is 9.80. The van der Waals surface area contributed by atoms with Crippen LogP contribution in [0.2, 0.25) is 0 Å². The number of carbonyl (C=O) groups excluding carboxylic acids is 1. The third kappa shape index (κ3) is 5.65. The van der Waals surface area contributed by atoms with E-state index in [1.807, 2.05) is 25.1 Å². The molecule has 2 heterocycles. The fraction of sp³-hybridized carbons (Fsp3) is 0.524. The monoisotopic (exact) mass is 370 g/mol. The van der Waals surface area contributed by atoms with E-state index >= 15 is 0 Å². The Morgan fingerprint density at radius 2 is 1.85 bits per heavy atom.